The number of nitrogens with zero attached hydrogens (tertiary/aromatic N) is 5. The summed E-state index contributed by atoms with van der Waals surface area (Å²) in [5.74, 6) is 4.52. The lowest BCUT2D eigenvalue weighted by Crippen LogP contribution is -2.54. The van der Waals surface area contributed by atoms with E-state index in [0.717, 1.165) is 29.0 Å². The van der Waals surface area contributed by atoms with Crippen LogP contribution in [0.4, 0.5) is 17.1 Å². The molecule has 12 nitrogen and oxygen atoms in total. The molecule has 2 N–H and O–H groups in total. The van der Waals surface area contributed by atoms with E-state index < -0.39 is 35.2 Å². The number of carbonyl (C=O) groups is 5. The van der Waals surface area contributed by atoms with Gasteiger partial charge in [0.1, 0.15) is 11.6 Å². The molecule has 1 saturated carbocycles. The number of hydrogen-bond acceptors (Lipinski definition) is 7. The van der Waals surface area contributed by atoms with Gasteiger partial charge in [0, 0.05) is 37.1 Å². The van der Waals surface area contributed by atoms with E-state index in [0.29, 0.717) is 35.9 Å². The molecule has 1 aromatic heterocycles. The van der Waals surface area contributed by atoms with Crippen LogP contribution in [0.25, 0.3) is 4.85 Å². The second-order valence-electron chi connectivity index (χ2n) is 12.9. The van der Waals surface area contributed by atoms with Crippen molar-refractivity contribution in [3.63, 3.8) is 0 Å². The van der Waals surface area contributed by atoms with Gasteiger partial charge in [-0.25, -0.2) is 4.85 Å². The van der Waals surface area contributed by atoms with Crippen LogP contribution >= 0.6 is 0 Å². The second-order valence-corrected chi connectivity index (χ2v) is 12.9. The highest BCUT2D eigenvalue weighted by Crippen LogP contribution is 2.45. The van der Waals surface area contributed by atoms with Crippen molar-refractivity contribution >= 4 is 46.6 Å². The number of carbonyl (C=O) groups excluding carboxylic acids is 5. The first-order chi connectivity index (χ1) is 22.5. The van der Waals surface area contributed by atoms with Gasteiger partial charge in [-0.05, 0) is 74.9 Å². The van der Waals surface area contributed by atoms with Gasteiger partial charge < -0.3 is 10.2 Å². The van der Waals surface area contributed by atoms with Crippen molar-refractivity contribution in [2.24, 2.45) is 5.92 Å². The van der Waals surface area contributed by atoms with Gasteiger partial charge >= 0.3 is 0 Å². The van der Waals surface area contributed by atoms with Gasteiger partial charge in [0.05, 0.1) is 35.4 Å². The van der Waals surface area contributed by atoms with E-state index in [-0.39, 0.29) is 35.8 Å². The fraction of sp³-hybridized carbons (Fsp3) is 0.343. The number of anilines is 2. The van der Waals surface area contributed by atoms with Crippen LogP contribution in [0.5, 0.6) is 0 Å². The molecule has 4 heterocycles. The molecule has 0 radical (unpaired) electrons. The van der Waals surface area contributed by atoms with Crippen LogP contribution in [0.1, 0.15) is 77.3 Å². The summed E-state index contributed by atoms with van der Waals surface area (Å²) in [6, 6.07) is 9.48. The van der Waals surface area contributed by atoms with E-state index in [1.165, 1.54) is 0 Å². The zero-order valence-electron chi connectivity index (χ0n) is 25.9. The number of aromatic nitrogens is 2. The molecule has 47 heavy (non-hydrogen) atoms. The van der Waals surface area contributed by atoms with E-state index in [9.17, 15) is 24.0 Å². The first kappa shape index (κ1) is 29.9. The maximum Gasteiger partial charge on any atom is 0.262 e. The Kier molecular flexibility index (Phi) is 7.16. The number of nitrogens with one attached hydrogen (secondary N) is 2. The van der Waals surface area contributed by atoms with Gasteiger partial charge in [-0.3, -0.25) is 38.9 Å². The van der Waals surface area contributed by atoms with Crippen LogP contribution in [0.3, 0.4) is 0 Å². The molecule has 2 aromatic carbocycles. The highest BCUT2D eigenvalue weighted by Gasteiger charge is 2.45. The number of rotatable bonds is 6. The smallest absolute Gasteiger partial charge is 0.262 e. The molecule has 12 heteroatoms. The monoisotopic (exact) mass is 629 g/mol. The van der Waals surface area contributed by atoms with Gasteiger partial charge in [0.2, 0.25) is 11.8 Å². The summed E-state index contributed by atoms with van der Waals surface area (Å²) in [5.41, 5.74) is 3.23. The molecular weight excluding hydrogens is 598 g/mol. The Balaban J connectivity index is 0.969. The summed E-state index contributed by atoms with van der Waals surface area (Å²) < 4.78 is 1.59. The van der Waals surface area contributed by atoms with E-state index >= 15 is 0 Å². The fourth-order valence-corrected chi connectivity index (χ4v) is 6.16. The molecule has 3 fully saturated rings. The van der Waals surface area contributed by atoms with E-state index in [1.807, 2.05) is 6.07 Å². The first-order valence-corrected chi connectivity index (χ1v) is 15.5. The number of piperidine rings is 1. The molecule has 4 aliphatic rings. The molecule has 0 spiro atoms. The summed E-state index contributed by atoms with van der Waals surface area (Å²) in [4.78, 5) is 69.9. The van der Waals surface area contributed by atoms with Crippen LogP contribution in [0, 0.1) is 24.3 Å². The Morgan fingerprint density at radius 2 is 1.81 bits per heavy atom. The lowest BCUT2D eigenvalue weighted by molar-refractivity contribution is -0.136. The zero-order valence-corrected chi connectivity index (χ0v) is 25.9. The van der Waals surface area contributed by atoms with Gasteiger partial charge in [-0.2, -0.15) is 5.10 Å². The minimum Gasteiger partial charge on any atom is -0.369 e. The van der Waals surface area contributed by atoms with Crippen LogP contribution in [-0.2, 0) is 19.9 Å². The third-order valence-electron chi connectivity index (χ3n) is 9.22. The summed E-state index contributed by atoms with van der Waals surface area (Å²) in [7, 11) is 0. The van der Waals surface area contributed by atoms with E-state index in [2.05, 4.69) is 37.3 Å². The van der Waals surface area contributed by atoms with Crippen LogP contribution in [-0.4, -0.2) is 63.3 Å². The molecule has 0 bridgehead atoms. The van der Waals surface area contributed by atoms with Crippen molar-refractivity contribution in [3.8, 4) is 11.8 Å². The normalized spacial score (nSPS) is 19.4. The Labute approximate surface area is 270 Å². The van der Waals surface area contributed by atoms with Crippen molar-refractivity contribution in [1.82, 2.24) is 20.0 Å². The van der Waals surface area contributed by atoms with Crippen molar-refractivity contribution in [1.29, 1.82) is 0 Å². The lowest BCUT2D eigenvalue weighted by atomic mass is 9.98. The maximum absolute atomic E-state index is 13.3. The Morgan fingerprint density at radius 1 is 1.04 bits per heavy atom. The number of fused-ring (bicyclic) bond motifs is 1. The molecular formula is C35H31N7O5. The molecule has 2 saturated heterocycles. The largest absolute Gasteiger partial charge is 0.369 e. The minimum absolute atomic E-state index is 0.0688. The van der Waals surface area contributed by atoms with Crippen molar-refractivity contribution in [2.45, 2.75) is 57.0 Å². The molecule has 1 unspecified atom stereocenters. The van der Waals surface area contributed by atoms with Crippen molar-refractivity contribution in [2.75, 3.05) is 23.3 Å². The predicted molar refractivity (Wildman–Crippen MR) is 171 cm³/mol. The number of imide groups is 2. The number of benzene rings is 2. The predicted octanol–water partition coefficient (Wildman–Crippen LogP) is 3.57. The fourth-order valence-electron chi connectivity index (χ4n) is 6.16. The van der Waals surface area contributed by atoms with Gasteiger partial charge in [-0.15, -0.1) is 0 Å². The van der Waals surface area contributed by atoms with Crippen LogP contribution in [0.2, 0.25) is 0 Å². The lowest BCUT2D eigenvalue weighted by Gasteiger charge is -2.38. The van der Waals surface area contributed by atoms with E-state index in [1.54, 1.807) is 61.3 Å². The van der Waals surface area contributed by atoms with Crippen molar-refractivity contribution in [3.05, 3.63) is 82.5 Å². The summed E-state index contributed by atoms with van der Waals surface area (Å²) in [6.07, 6.45) is 5.68. The SMILES string of the molecule is [C-]#[N+]c1ccc(NC(=O)C(C)(C)n2cc(C#CC3CN(c4ccc5c(c4)C(=O)N(C4CCC(=O)NC4=O)C5=O)C3)cn2)cc1C1CC1. The number of amides is 5. The maximum atomic E-state index is 13.3. The quantitative estimate of drug-likeness (QED) is 0.242. The molecule has 1 atom stereocenters. The summed E-state index contributed by atoms with van der Waals surface area (Å²) in [5, 5.41) is 9.60. The molecule has 1 aliphatic carbocycles. The van der Waals surface area contributed by atoms with Gasteiger partial charge in [0.15, 0.2) is 5.69 Å². The van der Waals surface area contributed by atoms with Gasteiger partial charge in [0.25, 0.3) is 17.7 Å². The standard InChI is InChI=1S/C35H31N7O5/c1-35(2,34(47)38-23-8-11-28(36-3)26(14-23)22-6-7-22)41-19-20(16-37-41)4-5-21-17-40(18-21)24-9-10-25-27(15-24)33(46)42(32(25)45)29-12-13-30(43)39-31(29)44/h8-11,14-16,19,21-22,29H,6-7,12-13,17-18H2,1-2H3,(H,38,47)(H,39,43,44). The zero-order chi connectivity index (χ0) is 33.0. The topological polar surface area (TPSA) is 138 Å². The highest BCUT2D eigenvalue weighted by atomic mass is 16.2. The van der Waals surface area contributed by atoms with Crippen molar-refractivity contribution < 1.29 is 24.0 Å². The molecule has 3 aromatic rings. The minimum atomic E-state index is -1.000. The third kappa shape index (κ3) is 5.42. The van der Waals surface area contributed by atoms with E-state index in [4.69, 9.17) is 6.57 Å². The van der Waals surface area contributed by atoms with Gasteiger partial charge in [-0.1, -0.05) is 17.9 Å². The second kappa shape index (κ2) is 11.2. The Hall–Kier alpha value is -5.75. The molecule has 3 aliphatic heterocycles. The average Bonchev–Trinajstić information content (AvgIpc) is 3.71. The van der Waals surface area contributed by atoms with Crippen LogP contribution in [0.15, 0.2) is 48.8 Å². The Bertz CT molecular complexity index is 1980. The third-order valence-corrected chi connectivity index (χ3v) is 9.22. The highest BCUT2D eigenvalue weighted by molar-refractivity contribution is 6.23. The average molecular weight is 630 g/mol. The first-order valence-electron chi connectivity index (χ1n) is 15.5. The molecule has 236 valence electrons. The molecule has 7 rings (SSSR count). The summed E-state index contributed by atoms with van der Waals surface area (Å²) in [6.45, 7) is 12.2. The number of hydrogen-bond donors (Lipinski definition) is 2. The summed E-state index contributed by atoms with van der Waals surface area (Å²) >= 11 is 0. The van der Waals surface area contributed by atoms with Crippen LogP contribution < -0.4 is 15.5 Å². The molecule has 5 amide bonds. The Morgan fingerprint density at radius 3 is 2.53 bits per heavy atom.